The summed E-state index contributed by atoms with van der Waals surface area (Å²) in [5, 5.41) is 12.9. The highest BCUT2D eigenvalue weighted by Gasteiger charge is 2.25. The van der Waals surface area contributed by atoms with Crippen LogP contribution in [0.3, 0.4) is 0 Å². The topological polar surface area (TPSA) is 25.8 Å². The first kappa shape index (κ1) is 26.8. The highest BCUT2D eigenvalue weighted by atomic mass is 28.3. The molecule has 7 aromatic rings. The molecule has 0 saturated heterocycles. The minimum absolute atomic E-state index is 1.17. The molecular weight excluding hydrogens is 541 g/mol. The Morgan fingerprint density at radius 3 is 1.21 bits per heavy atom. The van der Waals surface area contributed by atoms with E-state index >= 15 is 0 Å². The van der Waals surface area contributed by atoms with Crippen molar-refractivity contribution in [1.82, 2.24) is 9.97 Å². The normalized spacial score (nSPS) is 12.5. The highest BCUT2D eigenvalue weighted by Crippen LogP contribution is 2.46. The Balaban J connectivity index is 1.75. The Morgan fingerprint density at radius 2 is 0.810 bits per heavy atom. The Kier molecular flexibility index (Phi) is 6.19. The lowest BCUT2D eigenvalue weighted by molar-refractivity contribution is 1.36. The fraction of sp³-hybridized carbons (Fsp3) is 0.158. The number of hydrogen-bond acceptors (Lipinski definition) is 2. The molecule has 0 bridgehead atoms. The summed E-state index contributed by atoms with van der Waals surface area (Å²) in [6.07, 6.45) is 8.11. The van der Waals surface area contributed by atoms with Crippen LogP contribution in [-0.4, -0.2) is 26.1 Å². The first-order chi connectivity index (χ1) is 20.1. The molecule has 0 fully saturated rings. The number of fused-ring (bicyclic) bond motifs is 4. The van der Waals surface area contributed by atoms with Crippen LogP contribution in [0.2, 0.25) is 39.3 Å². The molecule has 0 atom stereocenters. The fourth-order valence-corrected chi connectivity index (χ4v) is 8.69. The number of pyridine rings is 2. The van der Waals surface area contributed by atoms with Crippen molar-refractivity contribution in [2.45, 2.75) is 39.3 Å². The summed E-state index contributed by atoms with van der Waals surface area (Å²) < 4.78 is 0. The Bertz CT molecular complexity index is 2000. The highest BCUT2D eigenvalue weighted by molar-refractivity contribution is 6.89. The predicted molar refractivity (Wildman–Crippen MR) is 189 cm³/mol. The molecule has 0 unspecified atom stereocenters. The van der Waals surface area contributed by atoms with Crippen molar-refractivity contribution in [3.05, 3.63) is 110 Å². The maximum absolute atomic E-state index is 4.76. The largest absolute Gasteiger partial charge is 0.263 e. The van der Waals surface area contributed by atoms with Crippen molar-refractivity contribution in [3.8, 4) is 22.3 Å². The van der Waals surface area contributed by atoms with Gasteiger partial charge in [-0.15, -0.1) is 0 Å². The molecule has 0 aliphatic heterocycles. The van der Waals surface area contributed by atoms with Gasteiger partial charge in [-0.25, -0.2) is 0 Å². The molecule has 0 N–H and O–H groups in total. The zero-order valence-electron chi connectivity index (χ0n) is 25.3. The zero-order valence-corrected chi connectivity index (χ0v) is 27.3. The summed E-state index contributed by atoms with van der Waals surface area (Å²) in [6, 6.07) is 31.8. The van der Waals surface area contributed by atoms with E-state index in [9.17, 15) is 0 Å². The number of hydrogen-bond donors (Lipinski definition) is 0. The Hall–Kier alpha value is -4.13. The van der Waals surface area contributed by atoms with Gasteiger partial charge in [-0.05, 0) is 43.4 Å². The molecule has 42 heavy (non-hydrogen) atoms. The quantitative estimate of drug-likeness (QED) is 0.154. The lowest BCUT2D eigenvalue weighted by Gasteiger charge is -2.24. The molecule has 2 nitrogen and oxygen atoms in total. The van der Waals surface area contributed by atoms with E-state index in [1.54, 1.807) is 0 Å². The third-order valence-corrected chi connectivity index (χ3v) is 12.8. The molecule has 0 saturated carbocycles. The van der Waals surface area contributed by atoms with E-state index in [2.05, 4.69) is 137 Å². The van der Waals surface area contributed by atoms with Crippen LogP contribution in [0.4, 0.5) is 0 Å². The third-order valence-electron chi connectivity index (χ3n) is 8.72. The third kappa shape index (κ3) is 4.37. The summed E-state index contributed by atoms with van der Waals surface area (Å²) in [6.45, 7) is 14.6. The molecule has 7 rings (SSSR count). The van der Waals surface area contributed by atoms with Gasteiger partial charge in [0.1, 0.15) is 0 Å². The fourth-order valence-electron chi connectivity index (χ4n) is 6.37. The molecule has 0 aliphatic carbocycles. The van der Waals surface area contributed by atoms with E-state index < -0.39 is 16.1 Å². The van der Waals surface area contributed by atoms with Gasteiger partial charge in [0.05, 0.1) is 16.1 Å². The van der Waals surface area contributed by atoms with E-state index in [4.69, 9.17) is 9.97 Å². The zero-order chi connectivity index (χ0) is 29.2. The second-order valence-electron chi connectivity index (χ2n) is 13.6. The lowest BCUT2D eigenvalue weighted by Crippen LogP contribution is -2.37. The van der Waals surface area contributed by atoms with Crippen LogP contribution in [0.1, 0.15) is 0 Å². The van der Waals surface area contributed by atoms with Crippen molar-refractivity contribution in [1.29, 1.82) is 0 Å². The molecule has 0 aliphatic rings. The van der Waals surface area contributed by atoms with E-state index in [0.717, 1.165) is 0 Å². The van der Waals surface area contributed by atoms with Gasteiger partial charge in [-0.1, -0.05) is 135 Å². The van der Waals surface area contributed by atoms with Gasteiger partial charge in [-0.2, -0.15) is 0 Å². The van der Waals surface area contributed by atoms with Crippen LogP contribution >= 0.6 is 0 Å². The van der Waals surface area contributed by atoms with E-state index in [-0.39, 0.29) is 0 Å². The van der Waals surface area contributed by atoms with Gasteiger partial charge in [-0.3, -0.25) is 9.97 Å². The monoisotopic (exact) mass is 576 g/mol. The van der Waals surface area contributed by atoms with Crippen molar-refractivity contribution >= 4 is 69.6 Å². The van der Waals surface area contributed by atoms with Crippen LogP contribution in [0.5, 0.6) is 0 Å². The SMILES string of the molecule is C[Si](C)(C)c1ccc2c(-c3cncc4ccccc34)c3cc([Si](C)(C)C)ccc3c(-c3cncc4ccccc34)c2c1. The number of aromatic nitrogens is 2. The first-order valence-corrected chi connectivity index (χ1v) is 21.8. The minimum atomic E-state index is -1.59. The van der Waals surface area contributed by atoms with Crippen LogP contribution in [0, 0.1) is 0 Å². The molecule has 206 valence electrons. The molecule has 0 radical (unpaired) electrons. The van der Waals surface area contributed by atoms with Crippen molar-refractivity contribution in [2.75, 3.05) is 0 Å². The van der Waals surface area contributed by atoms with Crippen LogP contribution in [0.25, 0.3) is 65.3 Å². The number of benzene rings is 5. The number of rotatable bonds is 4. The molecule has 2 heterocycles. The van der Waals surface area contributed by atoms with Crippen LogP contribution in [0.15, 0.2) is 110 Å². The van der Waals surface area contributed by atoms with Gasteiger partial charge < -0.3 is 0 Å². The molecular formula is C38H36N2Si2. The minimum Gasteiger partial charge on any atom is -0.263 e. The van der Waals surface area contributed by atoms with Crippen molar-refractivity contribution in [2.24, 2.45) is 0 Å². The maximum atomic E-state index is 4.76. The molecule has 4 heteroatoms. The molecule has 0 spiro atoms. The van der Waals surface area contributed by atoms with Gasteiger partial charge in [0, 0.05) is 46.7 Å². The molecule has 5 aromatic carbocycles. The standard InChI is InChI=1S/C38H36N2Si2/c1-41(2,3)27-15-17-31-33(19-27)37(35-23-39-21-25-11-7-9-13-29(25)35)32-18-16-28(42(4,5)6)20-34(32)38(31)36-24-40-22-26-12-8-10-14-30(26)36/h7-24H,1-6H3. The van der Waals surface area contributed by atoms with E-state index in [1.165, 1.54) is 75.7 Å². The van der Waals surface area contributed by atoms with Crippen molar-refractivity contribution < 1.29 is 0 Å². The average molecular weight is 577 g/mol. The Labute approximate surface area is 250 Å². The Morgan fingerprint density at radius 1 is 0.405 bits per heavy atom. The number of nitrogens with zero attached hydrogens (tertiary/aromatic N) is 2. The predicted octanol–water partition coefficient (Wildman–Crippen LogP) is 9.51. The van der Waals surface area contributed by atoms with Gasteiger partial charge >= 0.3 is 0 Å². The summed E-state index contributed by atoms with van der Waals surface area (Å²) in [5.74, 6) is 0. The summed E-state index contributed by atoms with van der Waals surface area (Å²) in [7, 11) is -3.18. The smallest absolute Gasteiger partial charge is 0.0776 e. The lowest BCUT2D eigenvalue weighted by atomic mass is 9.84. The summed E-state index contributed by atoms with van der Waals surface area (Å²) in [4.78, 5) is 9.52. The van der Waals surface area contributed by atoms with Gasteiger partial charge in [0.2, 0.25) is 0 Å². The first-order valence-electron chi connectivity index (χ1n) is 14.8. The molecule has 2 aromatic heterocycles. The summed E-state index contributed by atoms with van der Waals surface area (Å²) in [5.41, 5.74) is 4.95. The van der Waals surface area contributed by atoms with Crippen LogP contribution in [-0.2, 0) is 0 Å². The van der Waals surface area contributed by atoms with E-state index in [1.807, 2.05) is 12.4 Å². The van der Waals surface area contributed by atoms with Crippen molar-refractivity contribution in [3.63, 3.8) is 0 Å². The second-order valence-corrected chi connectivity index (χ2v) is 23.7. The maximum Gasteiger partial charge on any atom is 0.0776 e. The second kappa shape index (κ2) is 9.72. The van der Waals surface area contributed by atoms with Gasteiger partial charge in [0.25, 0.3) is 0 Å². The molecule has 0 amide bonds. The average Bonchev–Trinajstić information content (AvgIpc) is 2.98. The summed E-state index contributed by atoms with van der Waals surface area (Å²) >= 11 is 0. The van der Waals surface area contributed by atoms with E-state index in [0.29, 0.717) is 0 Å². The van der Waals surface area contributed by atoms with Crippen LogP contribution < -0.4 is 10.4 Å². The van der Waals surface area contributed by atoms with Gasteiger partial charge in [0.15, 0.2) is 0 Å².